The number of hydrogen-bond donors (Lipinski definition) is 3. The highest BCUT2D eigenvalue weighted by Crippen LogP contribution is 2.34. The Morgan fingerprint density at radius 2 is 1.93 bits per heavy atom. The van der Waals surface area contributed by atoms with Gasteiger partial charge in [-0.1, -0.05) is 0 Å². The van der Waals surface area contributed by atoms with Crippen LogP contribution in [0.4, 0.5) is 13.2 Å². The summed E-state index contributed by atoms with van der Waals surface area (Å²) >= 11 is 0. The number of alkyl halides is 3. The fourth-order valence-electron chi connectivity index (χ4n) is 0.706. The molecule has 3 N–H and O–H groups in total. The van der Waals surface area contributed by atoms with E-state index >= 15 is 0 Å². The largest absolute Gasteiger partial charge is 0.574 e. The minimum absolute atomic E-state index is 0.512. The van der Waals surface area contributed by atoms with E-state index in [0.717, 1.165) is 0 Å². The van der Waals surface area contributed by atoms with E-state index in [4.69, 9.17) is 10.2 Å². The summed E-state index contributed by atoms with van der Waals surface area (Å²) in [6, 6.07) is 0.512. The molecule has 0 spiro atoms. The van der Waals surface area contributed by atoms with Gasteiger partial charge in [0, 0.05) is 6.07 Å². The molecule has 0 aliphatic rings. The molecular weight excluding hydrogens is 207 g/mol. The van der Waals surface area contributed by atoms with Crippen molar-refractivity contribution < 1.29 is 28.1 Å². The van der Waals surface area contributed by atoms with Crippen molar-refractivity contribution in [3.05, 3.63) is 16.4 Å². The van der Waals surface area contributed by atoms with Crippen LogP contribution >= 0.6 is 0 Å². The molecule has 0 fully saturated rings. The summed E-state index contributed by atoms with van der Waals surface area (Å²) in [5, 5.41) is 17.6. The maximum Gasteiger partial charge on any atom is 0.574 e. The zero-order valence-electron chi connectivity index (χ0n) is 6.42. The number of pyridine rings is 1. The van der Waals surface area contributed by atoms with Gasteiger partial charge in [0.2, 0.25) is 11.6 Å². The first-order valence-corrected chi connectivity index (χ1v) is 3.20. The third-order valence-electron chi connectivity index (χ3n) is 1.18. The van der Waals surface area contributed by atoms with Crippen molar-refractivity contribution in [2.45, 2.75) is 6.36 Å². The lowest BCUT2D eigenvalue weighted by Gasteiger charge is -2.09. The zero-order valence-corrected chi connectivity index (χ0v) is 6.42. The van der Waals surface area contributed by atoms with E-state index in [2.05, 4.69) is 4.74 Å². The van der Waals surface area contributed by atoms with Crippen LogP contribution in [0.1, 0.15) is 0 Å². The van der Waals surface area contributed by atoms with E-state index in [-0.39, 0.29) is 0 Å². The van der Waals surface area contributed by atoms with Crippen molar-refractivity contribution in [1.29, 1.82) is 0 Å². The molecule has 5 nitrogen and oxygen atoms in total. The lowest BCUT2D eigenvalue weighted by Crippen LogP contribution is -2.20. The summed E-state index contributed by atoms with van der Waals surface area (Å²) < 4.78 is 38.2. The molecule has 0 atom stereocenters. The van der Waals surface area contributed by atoms with Crippen molar-refractivity contribution >= 4 is 0 Å². The van der Waals surface area contributed by atoms with Gasteiger partial charge in [0.15, 0.2) is 5.75 Å². The summed E-state index contributed by atoms with van der Waals surface area (Å²) in [6.45, 7) is 0. The Bertz CT molecular complexity index is 397. The zero-order chi connectivity index (χ0) is 10.9. The number of rotatable bonds is 1. The predicted octanol–water partition coefficient (Wildman–Crippen LogP) is 0.685. The second-order valence-corrected chi connectivity index (χ2v) is 2.24. The number of H-pyrrole nitrogens is 1. The molecule has 1 heterocycles. The second kappa shape index (κ2) is 3.13. The van der Waals surface area contributed by atoms with E-state index < -0.39 is 29.3 Å². The van der Waals surface area contributed by atoms with Crippen LogP contribution in [-0.4, -0.2) is 21.6 Å². The van der Waals surface area contributed by atoms with E-state index in [1.165, 1.54) is 0 Å². The maximum absolute atomic E-state index is 11.6. The quantitative estimate of drug-likeness (QED) is 0.638. The van der Waals surface area contributed by atoms with E-state index in [1.807, 2.05) is 0 Å². The Kier molecular flexibility index (Phi) is 2.28. The Morgan fingerprint density at radius 1 is 1.36 bits per heavy atom. The number of aromatic hydroxyl groups is 2. The average Bonchev–Trinajstić information content (AvgIpc) is 1.96. The molecule has 8 heteroatoms. The molecule has 0 bridgehead atoms. The number of aromatic amines is 1. The monoisotopic (exact) mass is 211 g/mol. The first kappa shape index (κ1) is 10.2. The molecule has 1 aromatic rings. The van der Waals surface area contributed by atoms with Crippen molar-refractivity contribution in [2.75, 3.05) is 0 Å². The van der Waals surface area contributed by atoms with Crippen LogP contribution in [0.5, 0.6) is 17.4 Å². The van der Waals surface area contributed by atoms with Crippen molar-refractivity contribution in [3.63, 3.8) is 0 Å². The van der Waals surface area contributed by atoms with Gasteiger partial charge in [-0.3, -0.25) is 9.78 Å². The molecule has 14 heavy (non-hydrogen) atoms. The molecule has 0 saturated carbocycles. The van der Waals surface area contributed by atoms with Gasteiger partial charge in [-0.15, -0.1) is 13.2 Å². The van der Waals surface area contributed by atoms with E-state index in [0.29, 0.717) is 6.07 Å². The number of nitrogens with one attached hydrogen (secondary N) is 1. The third kappa shape index (κ3) is 2.31. The van der Waals surface area contributed by atoms with Gasteiger partial charge < -0.3 is 14.9 Å². The Labute approximate surface area is 74.4 Å². The van der Waals surface area contributed by atoms with Crippen LogP contribution in [0.25, 0.3) is 0 Å². The number of aromatic nitrogens is 1. The van der Waals surface area contributed by atoms with Crippen LogP contribution in [0.3, 0.4) is 0 Å². The van der Waals surface area contributed by atoms with Gasteiger partial charge in [-0.05, 0) is 0 Å². The van der Waals surface area contributed by atoms with Gasteiger partial charge in [0.05, 0.1) is 0 Å². The summed E-state index contributed by atoms with van der Waals surface area (Å²) in [7, 11) is 0. The summed E-state index contributed by atoms with van der Waals surface area (Å²) in [6.07, 6.45) is -5.06. The molecule has 1 aromatic heterocycles. The summed E-state index contributed by atoms with van der Waals surface area (Å²) in [4.78, 5) is 12.1. The Balaban J connectivity index is 3.15. The lowest BCUT2D eigenvalue weighted by atomic mass is 10.4. The lowest BCUT2D eigenvalue weighted by molar-refractivity contribution is -0.276. The van der Waals surface area contributed by atoms with Crippen LogP contribution in [0.15, 0.2) is 10.9 Å². The van der Waals surface area contributed by atoms with E-state index in [1.54, 1.807) is 4.98 Å². The number of ether oxygens (including phenoxy) is 1. The normalized spacial score (nSPS) is 11.4. The van der Waals surface area contributed by atoms with Crippen LogP contribution < -0.4 is 10.3 Å². The summed E-state index contributed by atoms with van der Waals surface area (Å²) in [5.74, 6) is -3.42. The van der Waals surface area contributed by atoms with Crippen molar-refractivity contribution in [3.8, 4) is 17.4 Å². The molecule has 0 saturated heterocycles. The smallest absolute Gasteiger partial charge is 0.504 e. The fraction of sp³-hybridized carbons (Fsp3) is 0.167. The van der Waals surface area contributed by atoms with Gasteiger partial charge in [-0.2, -0.15) is 0 Å². The minimum atomic E-state index is -5.06. The van der Waals surface area contributed by atoms with Gasteiger partial charge in [0.1, 0.15) is 0 Å². The highest BCUT2D eigenvalue weighted by molar-refractivity contribution is 5.43. The molecular formula is C6H4F3NO4. The SMILES string of the molecule is O=c1cc(O)c(O)c(OC(F)(F)F)[nH]1. The average molecular weight is 211 g/mol. The first-order valence-electron chi connectivity index (χ1n) is 3.20. The number of halogens is 3. The van der Waals surface area contributed by atoms with Crippen molar-refractivity contribution in [1.82, 2.24) is 4.98 Å². The van der Waals surface area contributed by atoms with E-state index in [9.17, 15) is 18.0 Å². The second-order valence-electron chi connectivity index (χ2n) is 2.24. The fourth-order valence-corrected chi connectivity index (χ4v) is 0.706. The highest BCUT2D eigenvalue weighted by atomic mass is 19.4. The van der Waals surface area contributed by atoms with Crippen LogP contribution in [0.2, 0.25) is 0 Å². The molecule has 1 rings (SSSR count). The predicted molar refractivity (Wildman–Crippen MR) is 37.1 cm³/mol. The molecule has 0 radical (unpaired) electrons. The van der Waals surface area contributed by atoms with Gasteiger partial charge in [0.25, 0.3) is 5.56 Å². The molecule has 0 aliphatic carbocycles. The Hall–Kier alpha value is -1.86. The molecule has 0 amide bonds. The van der Waals surface area contributed by atoms with Crippen LogP contribution in [-0.2, 0) is 0 Å². The molecule has 0 aliphatic heterocycles. The molecule has 0 aromatic carbocycles. The Morgan fingerprint density at radius 3 is 2.43 bits per heavy atom. The highest BCUT2D eigenvalue weighted by Gasteiger charge is 2.33. The topological polar surface area (TPSA) is 82.6 Å². The molecule has 0 unspecified atom stereocenters. The first-order chi connectivity index (χ1) is 6.29. The van der Waals surface area contributed by atoms with Crippen LogP contribution in [0, 0.1) is 0 Å². The minimum Gasteiger partial charge on any atom is -0.504 e. The summed E-state index contributed by atoms with van der Waals surface area (Å²) in [5.41, 5.74) is -1.03. The molecule has 78 valence electrons. The maximum atomic E-state index is 11.6. The standard InChI is InChI=1S/C6H4F3NO4/c7-6(8,9)14-5-4(13)2(11)1-3(12)10-5/h1,13H,(H2,10,11,12). The number of hydrogen-bond acceptors (Lipinski definition) is 4. The third-order valence-corrected chi connectivity index (χ3v) is 1.18. The van der Waals surface area contributed by atoms with Crippen molar-refractivity contribution in [2.24, 2.45) is 0 Å². The van der Waals surface area contributed by atoms with Gasteiger partial charge >= 0.3 is 6.36 Å². The van der Waals surface area contributed by atoms with Gasteiger partial charge in [-0.25, -0.2) is 0 Å².